The van der Waals surface area contributed by atoms with Crippen LogP contribution < -0.4 is 9.64 Å². The first-order valence-corrected chi connectivity index (χ1v) is 6.48. The van der Waals surface area contributed by atoms with Crippen molar-refractivity contribution < 1.29 is 14.9 Å². The summed E-state index contributed by atoms with van der Waals surface area (Å²) in [7, 11) is 3.47. The van der Waals surface area contributed by atoms with Crippen molar-refractivity contribution in [1.82, 2.24) is 0 Å². The van der Waals surface area contributed by atoms with Gasteiger partial charge in [-0.05, 0) is 23.1 Å². The number of likely N-dealkylation sites (N-methyl/N-ethyl adjacent to an activating group) is 1. The summed E-state index contributed by atoms with van der Waals surface area (Å²) in [5.41, 5.74) is 2.10. The number of aliphatic hydroxyl groups excluding tert-OH is 2. The maximum absolute atomic E-state index is 9.31. The Labute approximate surface area is 115 Å². The lowest BCUT2D eigenvalue weighted by Gasteiger charge is -2.30. The van der Waals surface area contributed by atoms with Gasteiger partial charge in [-0.2, -0.15) is 0 Å². The second-order valence-electron chi connectivity index (χ2n) is 5.77. The molecule has 2 N–H and O–H groups in total. The first-order valence-electron chi connectivity index (χ1n) is 6.48. The van der Waals surface area contributed by atoms with Gasteiger partial charge in [0.1, 0.15) is 5.75 Å². The van der Waals surface area contributed by atoms with Crippen LogP contribution in [0.15, 0.2) is 18.2 Å². The minimum atomic E-state index is -0.330. The Kier molecular flexibility index (Phi) is 5.20. The van der Waals surface area contributed by atoms with Gasteiger partial charge in [-0.3, -0.25) is 0 Å². The molecule has 0 atom stereocenters. The summed E-state index contributed by atoms with van der Waals surface area (Å²) in [5, 5.41) is 18.6. The van der Waals surface area contributed by atoms with Gasteiger partial charge in [0.15, 0.2) is 0 Å². The Bertz CT molecular complexity index is 408. The summed E-state index contributed by atoms with van der Waals surface area (Å²) in [5.74, 6) is 0.738. The summed E-state index contributed by atoms with van der Waals surface area (Å²) in [4.78, 5) is 1.86. The molecule has 0 amide bonds. The van der Waals surface area contributed by atoms with Gasteiger partial charge >= 0.3 is 0 Å². The fourth-order valence-electron chi connectivity index (χ4n) is 1.93. The molecule has 0 unspecified atom stereocenters. The van der Waals surface area contributed by atoms with Crippen molar-refractivity contribution in [2.75, 3.05) is 32.3 Å². The maximum Gasteiger partial charge on any atom is 0.142 e. The molecule has 108 valence electrons. The summed E-state index contributed by atoms with van der Waals surface area (Å²) in [6, 6.07) is 5.70. The van der Waals surface area contributed by atoms with Gasteiger partial charge in [0.25, 0.3) is 0 Å². The number of ether oxygens (including phenoxy) is 1. The van der Waals surface area contributed by atoms with Crippen LogP contribution >= 0.6 is 0 Å². The lowest BCUT2D eigenvalue weighted by molar-refractivity contribution is 0.190. The van der Waals surface area contributed by atoms with Gasteiger partial charge < -0.3 is 19.8 Å². The molecule has 0 saturated carbocycles. The van der Waals surface area contributed by atoms with Gasteiger partial charge in [0.2, 0.25) is 0 Å². The van der Waals surface area contributed by atoms with Crippen LogP contribution in [0, 0.1) is 0 Å². The molecule has 0 aliphatic heterocycles. The van der Waals surface area contributed by atoms with E-state index in [4.69, 9.17) is 4.74 Å². The number of methoxy groups -OCH3 is 1. The van der Waals surface area contributed by atoms with Crippen LogP contribution in [0.2, 0.25) is 0 Å². The topological polar surface area (TPSA) is 52.9 Å². The predicted octanol–water partition coefficient (Wildman–Crippen LogP) is 1.78. The average Bonchev–Trinajstić information content (AvgIpc) is 2.38. The largest absolute Gasteiger partial charge is 0.495 e. The van der Waals surface area contributed by atoms with Crippen molar-refractivity contribution in [2.24, 2.45) is 0 Å². The molecule has 1 rings (SSSR count). The van der Waals surface area contributed by atoms with E-state index in [0.717, 1.165) is 11.4 Å². The van der Waals surface area contributed by atoms with E-state index >= 15 is 0 Å². The number of nitrogens with zero attached hydrogens (tertiary/aromatic N) is 1. The second kappa shape index (κ2) is 6.26. The molecule has 19 heavy (non-hydrogen) atoms. The highest BCUT2D eigenvalue weighted by Crippen LogP contribution is 2.34. The summed E-state index contributed by atoms with van der Waals surface area (Å²) in [6.45, 7) is 6.24. The quantitative estimate of drug-likeness (QED) is 0.854. The van der Waals surface area contributed by atoms with Crippen molar-refractivity contribution in [1.29, 1.82) is 0 Å². The Morgan fingerprint density at radius 2 is 1.79 bits per heavy atom. The molecule has 0 spiro atoms. The van der Waals surface area contributed by atoms with Crippen LogP contribution in [0.4, 0.5) is 5.69 Å². The monoisotopic (exact) mass is 267 g/mol. The average molecular weight is 267 g/mol. The van der Waals surface area contributed by atoms with Crippen LogP contribution in [0.5, 0.6) is 5.75 Å². The highest BCUT2D eigenvalue weighted by atomic mass is 16.5. The highest BCUT2D eigenvalue weighted by Gasteiger charge is 2.20. The normalized spacial score (nSPS) is 11.8. The van der Waals surface area contributed by atoms with Crippen LogP contribution in [0.3, 0.4) is 0 Å². The first-order chi connectivity index (χ1) is 8.85. The number of aliphatic hydroxyl groups is 2. The Balaban J connectivity index is 3.22. The Morgan fingerprint density at radius 3 is 2.21 bits per heavy atom. The number of hydrogen-bond donors (Lipinski definition) is 2. The molecular formula is C15H25NO3. The third-order valence-electron chi connectivity index (χ3n) is 3.39. The van der Waals surface area contributed by atoms with Gasteiger partial charge in [0.05, 0.1) is 32.1 Å². The molecule has 4 heteroatoms. The smallest absolute Gasteiger partial charge is 0.142 e. The van der Waals surface area contributed by atoms with Crippen LogP contribution in [0.1, 0.15) is 26.3 Å². The molecule has 4 nitrogen and oxygen atoms in total. The number of hydrogen-bond acceptors (Lipinski definition) is 4. The zero-order chi connectivity index (χ0) is 14.6. The van der Waals surface area contributed by atoms with Crippen molar-refractivity contribution in [3.63, 3.8) is 0 Å². The molecule has 1 aromatic rings. The van der Waals surface area contributed by atoms with E-state index in [9.17, 15) is 10.2 Å². The zero-order valence-electron chi connectivity index (χ0n) is 12.5. The van der Waals surface area contributed by atoms with E-state index in [2.05, 4.69) is 26.8 Å². The highest BCUT2D eigenvalue weighted by molar-refractivity contribution is 5.61. The number of rotatable bonds is 5. The lowest BCUT2D eigenvalue weighted by atomic mass is 9.86. The fourth-order valence-corrected chi connectivity index (χ4v) is 1.93. The molecule has 0 saturated heterocycles. The molecule has 0 aliphatic carbocycles. The summed E-state index contributed by atoms with van der Waals surface area (Å²) in [6.07, 6.45) is 0. The van der Waals surface area contributed by atoms with E-state index in [1.807, 2.05) is 24.1 Å². The van der Waals surface area contributed by atoms with Gasteiger partial charge in [0, 0.05) is 7.05 Å². The SMILES string of the molecule is COc1ccc(C(C)(C)C)cc1N(C)C(CO)CO. The molecule has 0 fully saturated rings. The lowest BCUT2D eigenvalue weighted by Crippen LogP contribution is -2.38. The minimum Gasteiger partial charge on any atom is -0.495 e. The second-order valence-corrected chi connectivity index (χ2v) is 5.77. The fraction of sp³-hybridized carbons (Fsp3) is 0.600. The Morgan fingerprint density at radius 1 is 1.21 bits per heavy atom. The molecule has 0 aliphatic rings. The van der Waals surface area contributed by atoms with Crippen molar-refractivity contribution in [3.8, 4) is 5.75 Å². The number of benzene rings is 1. The molecule has 0 heterocycles. The minimum absolute atomic E-state index is 0.0375. The van der Waals surface area contributed by atoms with E-state index in [1.54, 1.807) is 7.11 Å². The van der Waals surface area contributed by atoms with Gasteiger partial charge in [-0.15, -0.1) is 0 Å². The van der Waals surface area contributed by atoms with E-state index in [-0.39, 0.29) is 24.7 Å². The molecular weight excluding hydrogens is 242 g/mol. The molecule has 0 aromatic heterocycles. The predicted molar refractivity (Wildman–Crippen MR) is 78.1 cm³/mol. The van der Waals surface area contributed by atoms with E-state index < -0.39 is 0 Å². The molecule has 0 bridgehead atoms. The van der Waals surface area contributed by atoms with E-state index in [1.165, 1.54) is 5.56 Å². The van der Waals surface area contributed by atoms with Gasteiger partial charge in [-0.1, -0.05) is 26.8 Å². The first kappa shape index (κ1) is 15.8. The zero-order valence-corrected chi connectivity index (χ0v) is 12.5. The third-order valence-corrected chi connectivity index (χ3v) is 3.39. The van der Waals surface area contributed by atoms with Crippen LogP contribution in [-0.2, 0) is 5.41 Å². The van der Waals surface area contributed by atoms with Crippen molar-refractivity contribution >= 4 is 5.69 Å². The standard InChI is InChI=1S/C15H25NO3/c1-15(2,3)11-6-7-14(19-5)13(8-11)16(4)12(9-17)10-18/h6-8,12,17-18H,9-10H2,1-5H3. The van der Waals surface area contributed by atoms with E-state index in [0.29, 0.717) is 0 Å². The van der Waals surface area contributed by atoms with Gasteiger partial charge in [-0.25, -0.2) is 0 Å². The third kappa shape index (κ3) is 3.61. The summed E-state index contributed by atoms with van der Waals surface area (Å²) < 4.78 is 5.37. The van der Waals surface area contributed by atoms with Crippen molar-refractivity contribution in [3.05, 3.63) is 23.8 Å². The van der Waals surface area contributed by atoms with Crippen LogP contribution in [-0.4, -0.2) is 43.6 Å². The maximum atomic E-state index is 9.31. The molecule has 1 aromatic carbocycles. The molecule has 0 radical (unpaired) electrons. The van der Waals surface area contributed by atoms with Crippen LogP contribution in [0.25, 0.3) is 0 Å². The van der Waals surface area contributed by atoms with Crippen molar-refractivity contribution in [2.45, 2.75) is 32.2 Å². The number of anilines is 1. The Hall–Kier alpha value is -1.26. The summed E-state index contributed by atoms with van der Waals surface area (Å²) >= 11 is 0.